The molecule has 0 N–H and O–H groups in total. The number of fused-ring (bicyclic) bond motifs is 1. The Labute approximate surface area is 142 Å². The van der Waals surface area contributed by atoms with Crippen LogP contribution in [0.2, 0.25) is 0 Å². The fraction of sp³-hybridized carbons (Fsp3) is 0.688. The van der Waals surface area contributed by atoms with Crippen LogP contribution in [0.1, 0.15) is 29.7 Å². The minimum absolute atomic E-state index is 0.0370. The smallest absolute Gasteiger partial charge is 0.289 e. The van der Waals surface area contributed by atoms with E-state index in [0.29, 0.717) is 25.5 Å². The van der Waals surface area contributed by atoms with Gasteiger partial charge >= 0.3 is 0 Å². The van der Waals surface area contributed by atoms with E-state index in [0.717, 1.165) is 13.0 Å². The Kier molecular flexibility index (Phi) is 4.98. The van der Waals surface area contributed by atoms with E-state index in [1.807, 2.05) is 0 Å². The number of nitrogens with zero attached hydrogens (tertiary/aromatic N) is 2. The number of methoxy groups -OCH3 is 1. The first kappa shape index (κ1) is 17.4. The number of hydrogen-bond acceptors (Lipinski definition) is 6. The summed E-state index contributed by atoms with van der Waals surface area (Å²) in [6, 6.07) is 2.94. The fourth-order valence-corrected chi connectivity index (χ4v) is 5.71. The second-order valence-electron chi connectivity index (χ2n) is 6.45. The van der Waals surface area contributed by atoms with Gasteiger partial charge in [-0.1, -0.05) is 6.92 Å². The average Bonchev–Trinajstić information content (AvgIpc) is 3.11. The molecule has 7 nitrogen and oxygen atoms in total. The second kappa shape index (κ2) is 6.85. The van der Waals surface area contributed by atoms with Crippen molar-refractivity contribution in [2.75, 3.05) is 38.2 Å². The van der Waals surface area contributed by atoms with Crippen molar-refractivity contribution in [1.82, 2.24) is 9.80 Å². The lowest BCUT2D eigenvalue weighted by atomic mass is 10.0. The maximum Gasteiger partial charge on any atom is 0.289 e. The summed E-state index contributed by atoms with van der Waals surface area (Å²) in [6.45, 7) is 4.46. The molecule has 2 saturated heterocycles. The maximum atomic E-state index is 12.8. The first-order chi connectivity index (χ1) is 11.4. The molecular formula is C16H24N2O5S. The standard InChI is InChI=1S/C16H24N2O5S/c1-3-6-17-7-8-18(14-11-24(20,21)10-13(14)17)16(19)15-5-4-12(23-15)9-22-2/h4-5,13-14H,3,6-11H2,1-2H3/t13-,14+/m1/s1. The molecule has 8 heteroatoms. The number of rotatable bonds is 5. The summed E-state index contributed by atoms with van der Waals surface area (Å²) in [6.07, 6.45) is 0.968. The molecule has 2 fully saturated rings. The van der Waals surface area contributed by atoms with E-state index >= 15 is 0 Å². The number of piperazine rings is 1. The first-order valence-electron chi connectivity index (χ1n) is 8.28. The zero-order valence-corrected chi connectivity index (χ0v) is 14.9. The van der Waals surface area contributed by atoms with Gasteiger partial charge in [0.1, 0.15) is 12.4 Å². The number of carbonyl (C=O) groups excluding carboxylic acids is 1. The van der Waals surface area contributed by atoms with E-state index in [1.54, 1.807) is 24.1 Å². The lowest BCUT2D eigenvalue weighted by molar-refractivity contribution is 0.0304. The molecule has 3 heterocycles. The summed E-state index contributed by atoms with van der Waals surface area (Å²) in [5.41, 5.74) is 0. The van der Waals surface area contributed by atoms with Crippen LogP contribution in [0.4, 0.5) is 0 Å². The topological polar surface area (TPSA) is 80.1 Å². The molecule has 0 radical (unpaired) electrons. The SMILES string of the molecule is CCCN1CCN(C(=O)c2ccc(COC)o2)[C@H]2CS(=O)(=O)C[C@H]21. The Morgan fingerprint density at radius 3 is 2.75 bits per heavy atom. The Balaban J connectivity index is 1.81. The molecule has 0 aromatic carbocycles. The van der Waals surface area contributed by atoms with Crippen molar-refractivity contribution < 1.29 is 22.4 Å². The molecule has 0 unspecified atom stereocenters. The molecule has 24 heavy (non-hydrogen) atoms. The lowest BCUT2D eigenvalue weighted by Crippen LogP contribution is -2.60. The third-order valence-corrected chi connectivity index (χ3v) is 6.42. The van der Waals surface area contributed by atoms with Gasteiger partial charge in [0, 0.05) is 26.2 Å². The van der Waals surface area contributed by atoms with Gasteiger partial charge in [-0.15, -0.1) is 0 Å². The number of furan rings is 1. The highest BCUT2D eigenvalue weighted by molar-refractivity contribution is 7.91. The van der Waals surface area contributed by atoms with Gasteiger partial charge in [0.05, 0.1) is 17.5 Å². The molecule has 1 aromatic rings. The van der Waals surface area contributed by atoms with Crippen LogP contribution < -0.4 is 0 Å². The van der Waals surface area contributed by atoms with Crippen LogP contribution in [0, 0.1) is 0 Å². The lowest BCUT2D eigenvalue weighted by Gasteiger charge is -2.43. The van der Waals surface area contributed by atoms with Gasteiger partial charge in [-0.25, -0.2) is 8.42 Å². The quantitative estimate of drug-likeness (QED) is 0.775. The first-order valence-corrected chi connectivity index (χ1v) is 10.1. The number of carbonyl (C=O) groups is 1. The van der Waals surface area contributed by atoms with Crippen molar-refractivity contribution in [3.63, 3.8) is 0 Å². The number of hydrogen-bond donors (Lipinski definition) is 0. The van der Waals surface area contributed by atoms with Crippen molar-refractivity contribution in [3.8, 4) is 0 Å². The maximum absolute atomic E-state index is 12.8. The average molecular weight is 356 g/mol. The molecule has 1 amide bonds. The Morgan fingerprint density at radius 2 is 2.04 bits per heavy atom. The largest absolute Gasteiger partial charge is 0.453 e. The van der Waals surface area contributed by atoms with Gasteiger partial charge < -0.3 is 14.1 Å². The van der Waals surface area contributed by atoms with Crippen LogP contribution in [0.3, 0.4) is 0 Å². The van der Waals surface area contributed by atoms with Crippen LogP contribution in [0.15, 0.2) is 16.5 Å². The molecule has 0 spiro atoms. The van der Waals surface area contributed by atoms with Crippen LogP contribution in [-0.4, -0.2) is 74.5 Å². The van der Waals surface area contributed by atoms with Crippen molar-refractivity contribution in [3.05, 3.63) is 23.7 Å². The predicted octanol–water partition coefficient (Wildman–Crippen LogP) is 0.759. The predicted molar refractivity (Wildman–Crippen MR) is 88.6 cm³/mol. The third-order valence-electron chi connectivity index (χ3n) is 4.72. The minimum Gasteiger partial charge on any atom is -0.453 e. The summed E-state index contributed by atoms with van der Waals surface area (Å²) < 4.78 is 34.8. The molecular weight excluding hydrogens is 332 g/mol. The fourth-order valence-electron chi connectivity index (χ4n) is 3.70. The van der Waals surface area contributed by atoms with E-state index in [-0.39, 0.29) is 35.3 Å². The molecule has 134 valence electrons. The molecule has 2 aliphatic heterocycles. The molecule has 2 aliphatic rings. The summed E-state index contributed by atoms with van der Waals surface area (Å²) in [7, 11) is -1.56. The summed E-state index contributed by atoms with van der Waals surface area (Å²) in [4.78, 5) is 16.7. The highest BCUT2D eigenvalue weighted by Crippen LogP contribution is 2.28. The van der Waals surface area contributed by atoms with E-state index in [1.165, 1.54) is 0 Å². The number of sulfone groups is 1. The molecule has 3 rings (SSSR count). The zero-order chi connectivity index (χ0) is 17.3. The number of ether oxygens (including phenoxy) is 1. The molecule has 2 atom stereocenters. The van der Waals surface area contributed by atoms with Gasteiger partial charge in [0.2, 0.25) is 0 Å². The van der Waals surface area contributed by atoms with E-state index < -0.39 is 9.84 Å². The highest BCUT2D eigenvalue weighted by atomic mass is 32.2. The number of amides is 1. The van der Waals surface area contributed by atoms with Crippen LogP contribution in [0.5, 0.6) is 0 Å². The van der Waals surface area contributed by atoms with E-state index in [9.17, 15) is 13.2 Å². The van der Waals surface area contributed by atoms with Crippen LogP contribution >= 0.6 is 0 Å². The molecule has 0 saturated carbocycles. The van der Waals surface area contributed by atoms with Gasteiger partial charge in [-0.05, 0) is 25.1 Å². The minimum atomic E-state index is -3.12. The van der Waals surface area contributed by atoms with Crippen molar-refractivity contribution >= 4 is 15.7 Å². The summed E-state index contributed by atoms with van der Waals surface area (Å²) in [5, 5.41) is 0. The van der Waals surface area contributed by atoms with Gasteiger partial charge in [-0.3, -0.25) is 9.69 Å². The summed E-state index contributed by atoms with van der Waals surface area (Å²) >= 11 is 0. The van der Waals surface area contributed by atoms with Crippen LogP contribution in [-0.2, 0) is 21.2 Å². The Bertz CT molecular complexity index is 699. The molecule has 0 aliphatic carbocycles. The van der Waals surface area contributed by atoms with E-state index in [4.69, 9.17) is 9.15 Å². The van der Waals surface area contributed by atoms with Gasteiger partial charge in [0.25, 0.3) is 5.91 Å². The van der Waals surface area contributed by atoms with Crippen LogP contribution in [0.25, 0.3) is 0 Å². The third kappa shape index (κ3) is 3.36. The highest BCUT2D eigenvalue weighted by Gasteiger charge is 2.48. The molecule has 1 aromatic heterocycles. The van der Waals surface area contributed by atoms with E-state index in [2.05, 4.69) is 11.8 Å². The monoisotopic (exact) mass is 356 g/mol. The van der Waals surface area contributed by atoms with Gasteiger partial charge in [-0.2, -0.15) is 0 Å². The Morgan fingerprint density at radius 1 is 1.29 bits per heavy atom. The summed E-state index contributed by atoms with van der Waals surface area (Å²) in [5.74, 6) is 0.764. The zero-order valence-electron chi connectivity index (χ0n) is 14.1. The Hall–Kier alpha value is -1.38. The van der Waals surface area contributed by atoms with Crippen molar-refractivity contribution in [1.29, 1.82) is 0 Å². The van der Waals surface area contributed by atoms with Gasteiger partial charge in [0.15, 0.2) is 15.6 Å². The normalized spacial score (nSPS) is 26.5. The second-order valence-corrected chi connectivity index (χ2v) is 8.60. The van der Waals surface area contributed by atoms with Crippen molar-refractivity contribution in [2.24, 2.45) is 0 Å². The molecule has 0 bridgehead atoms. The van der Waals surface area contributed by atoms with Crippen molar-refractivity contribution in [2.45, 2.75) is 32.0 Å².